The average molecular weight is 378 g/mol. The highest BCUT2D eigenvalue weighted by molar-refractivity contribution is 6.07. The monoisotopic (exact) mass is 378 g/mol. The van der Waals surface area contributed by atoms with E-state index >= 15 is 0 Å². The lowest BCUT2D eigenvalue weighted by Gasteiger charge is -2.14. The first-order chi connectivity index (χ1) is 13.3. The predicted molar refractivity (Wildman–Crippen MR) is 106 cm³/mol. The van der Waals surface area contributed by atoms with Crippen LogP contribution in [0.15, 0.2) is 67.1 Å². The molecule has 0 fully saturated rings. The summed E-state index contributed by atoms with van der Waals surface area (Å²) in [5.74, 6) is -1.14. The quantitative estimate of drug-likeness (QED) is 0.701. The third-order valence-electron chi connectivity index (χ3n) is 3.96. The van der Waals surface area contributed by atoms with Crippen molar-refractivity contribution in [3.05, 3.63) is 72.7 Å². The summed E-state index contributed by atoms with van der Waals surface area (Å²) in [7, 11) is 0. The van der Waals surface area contributed by atoms with Crippen LogP contribution in [0.5, 0.6) is 0 Å². The summed E-state index contributed by atoms with van der Waals surface area (Å²) in [6.45, 7) is 2.29. The van der Waals surface area contributed by atoms with Gasteiger partial charge >= 0.3 is 0 Å². The molecule has 2 amide bonds. The average Bonchev–Trinajstić information content (AvgIpc) is 2.68. The fraction of sp³-hybridized carbons (Fsp3) is 0.143. The van der Waals surface area contributed by atoms with Crippen LogP contribution in [0.4, 0.5) is 15.9 Å². The zero-order valence-electron chi connectivity index (χ0n) is 15.4. The van der Waals surface area contributed by atoms with E-state index in [1.54, 1.807) is 12.4 Å². The van der Waals surface area contributed by atoms with Gasteiger partial charge in [-0.05, 0) is 37.6 Å². The lowest BCUT2D eigenvalue weighted by atomic mass is 10.1. The molecule has 3 rings (SSSR count). The molecule has 0 saturated heterocycles. The van der Waals surface area contributed by atoms with Gasteiger partial charge in [-0.3, -0.25) is 14.6 Å². The summed E-state index contributed by atoms with van der Waals surface area (Å²) in [6, 6.07) is 14.3. The Morgan fingerprint density at radius 2 is 1.75 bits per heavy atom. The highest BCUT2D eigenvalue weighted by Gasteiger charge is 2.27. The molecule has 0 aliphatic carbocycles. The molecule has 3 aromatic rings. The maximum absolute atomic E-state index is 13.7. The molecule has 2 aromatic heterocycles. The molecule has 7 heteroatoms. The van der Waals surface area contributed by atoms with Crippen LogP contribution in [-0.2, 0) is 4.79 Å². The van der Waals surface area contributed by atoms with Crippen molar-refractivity contribution in [2.75, 3.05) is 10.6 Å². The molecule has 2 heterocycles. The number of benzene rings is 1. The second-order valence-corrected chi connectivity index (χ2v) is 6.60. The maximum atomic E-state index is 13.7. The molecule has 2 N–H and O–H groups in total. The minimum Gasteiger partial charge on any atom is -0.320 e. The number of anilines is 2. The Labute approximate surface area is 161 Å². The first kappa shape index (κ1) is 19.2. The van der Waals surface area contributed by atoms with E-state index in [2.05, 4.69) is 20.6 Å². The van der Waals surface area contributed by atoms with E-state index in [1.807, 2.05) is 36.4 Å². The van der Waals surface area contributed by atoms with Crippen LogP contribution < -0.4 is 10.6 Å². The molecule has 0 aliphatic rings. The molecule has 6 nitrogen and oxygen atoms in total. The Hall–Kier alpha value is -3.61. The number of nitrogens with zero attached hydrogens (tertiary/aromatic N) is 2. The van der Waals surface area contributed by atoms with E-state index in [9.17, 15) is 14.0 Å². The smallest absolute Gasteiger partial charge is 0.262 e. The summed E-state index contributed by atoms with van der Waals surface area (Å²) in [4.78, 5) is 32.5. The second kappa shape index (κ2) is 7.96. The number of hydrogen-bond donors (Lipinski definition) is 2. The highest BCUT2D eigenvalue weighted by atomic mass is 19.1. The molecule has 142 valence electrons. The zero-order chi connectivity index (χ0) is 20.1. The number of rotatable bonds is 5. The van der Waals surface area contributed by atoms with Gasteiger partial charge in [-0.1, -0.05) is 30.3 Å². The molecule has 0 saturated carbocycles. The van der Waals surface area contributed by atoms with E-state index in [4.69, 9.17) is 0 Å². The van der Waals surface area contributed by atoms with Crippen molar-refractivity contribution in [1.82, 2.24) is 9.97 Å². The SMILES string of the molecule is CC(C)(F)C(=O)Nc1cc(C(=O)Nc2cnccc2-c2ccccc2)ccn1. The van der Waals surface area contributed by atoms with Crippen LogP contribution in [0.1, 0.15) is 24.2 Å². The second-order valence-electron chi connectivity index (χ2n) is 6.60. The van der Waals surface area contributed by atoms with E-state index in [0.29, 0.717) is 5.69 Å². The Morgan fingerprint density at radius 3 is 2.46 bits per heavy atom. The molecule has 0 spiro atoms. The van der Waals surface area contributed by atoms with Crippen molar-refractivity contribution in [2.45, 2.75) is 19.5 Å². The normalized spacial score (nSPS) is 11.0. The van der Waals surface area contributed by atoms with Crippen LogP contribution in [0.25, 0.3) is 11.1 Å². The Morgan fingerprint density at radius 1 is 1.00 bits per heavy atom. The number of amides is 2. The third kappa shape index (κ3) is 4.56. The molecule has 28 heavy (non-hydrogen) atoms. The zero-order valence-corrected chi connectivity index (χ0v) is 15.4. The van der Waals surface area contributed by atoms with Crippen molar-refractivity contribution in [1.29, 1.82) is 0 Å². The van der Waals surface area contributed by atoms with Crippen molar-refractivity contribution in [3.63, 3.8) is 0 Å². The van der Waals surface area contributed by atoms with Crippen molar-refractivity contribution >= 4 is 23.3 Å². The van der Waals surface area contributed by atoms with Gasteiger partial charge in [0.1, 0.15) is 5.82 Å². The molecule has 0 bridgehead atoms. The summed E-state index contributed by atoms with van der Waals surface area (Å²) < 4.78 is 13.7. The first-order valence-electron chi connectivity index (χ1n) is 8.62. The molecule has 0 unspecified atom stereocenters. The fourth-order valence-electron chi connectivity index (χ4n) is 2.46. The molecule has 0 atom stereocenters. The summed E-state index contributed by atoms with van der Waals surface area (Å²) in [6.07, 6.45) is 4.59. The topological polar surface area (TPSA) is 84.0 Å². The van der Waals surface area contributed by atoms with E-state index < -0.39 is 17.5 Å². The summed E-state index contributed by atoms with van der Waals surface area (Å²) in [5.41, 5.74) is 0.523. The fourth-order valence-corrected chi connectivity index (χ4v) is 2.46. The Kier molecular flexibility index (Phi) is 5.44. The van der Waals surface area contributed by atoms with E-state index in [1.165, 1.54) is 18.3 Å². The lowest BCUT2D eigenvalue weighted by molar-refractivity contribution is -0.125. The highest BCUT2D eigenvalue weighted by Crippen LogP contribution is 2.27. The third-order valence-corrected chi connectivity index (χ3v) is 3.96. The predicted octanol–water partition coefficient (Wildman–Crippen LogP) is 4.08. The van der Waals surface area contributed by atoms with Crippen LogP contribution in [0.2, 0.25) is 0 Å². The van der Waals surface area contributed by atoms with Crippen molar-refractivity contribution < 1.29 is 14.0 Å². The number of carbonyl (C=O) groups excluding carboxylic acids is 2. The van der Waals surface area contributed by atoms with Gasteiger partial charge in [0.15, 0.2) is 5.67 Å². The molecule has 0 radical (unpaired) electrons. The van der Waals surface area contributed by atoms with Crippen molar-refractivity contribution in [3.8, 4) is 11.1 Å². The minimum absolute atomic E-state index is 0.0952. The minimum atomic E-state index is -2.06. The summed E-state index contributed by atoms with van der Waals surface area (Å²) >= 11 is 0. The maximum Gasteiger partial charge on any atom is 0.262 e. The number of halogens is 1. The Balaban J connectivity index is 1.82. The number of hydrogen-bond acceptors (Lipinski definition) is 4. The number of carbonyl (C=O) groups is 2. The largest absolute Gasteiger partial charge is 0.320 e. The number of aromatic nitrogens is 2. The standard InChI is InChI=1S/C21H19FN4O2/c1-21(2,22)20(28)26-18-12-15(8-11-24-18)19(27)25-17-13-23-10-9-16(17)14-6-4-3-5-7-14/h3-13H,1-2H3,(H,25,27)(H,24,26,28). The van der Waals surface area contributed by atoms with Gasteiger partial charge in [0.2, 0.25) is 0 Å². The van der Waals surface area contributed by atoms with Crippen LogP contribution in [0, 0.1) is 0 Å². The molecular formula is C21H19FN4O2. The van der Waals surface area contributed by atoms with Gasteiger partial charge in [-0.2, -0.15) is 0 Å². The van der Waals surface area contributed by atoms with Crippen LogP contribution in [0.3, 0.4) is 0 Å². The van der Waals surface area contributed by atoms with Gasteiger partial charge in [0, 0.05) is 23.5 Å². The first-order valence-corrected chi connectivity index (χ1v) is 8.62. The lowest BCUT2D eigenvalue weighted by Crippen LogP contribution is -2.32. The van der Waals surface area contributed by atoms with Gasteiger partial charge in [-0.15, -0.1) is 0 Å². The van der Waals surface area contributed by atoms with Gasteiger partial charge in [0.05, 0.1) is 11.9 Å². The number of nitrogens with one attached hydrogen (secondary N) is 2. The van der Waals surface area contributed by atoms with Gasteiger partial charge in [-0.25, -0.2) is 9.37 Å². The van der Waals surface area contributed by atoms with Crippen LogP contribution >= 0.6 is 0 Å². The van der Waals surface area contributed by atoms with Crippen molar-refractivity contribution in [2.24, 2.45) is 0 Å². The Bertz CT molecular complexity index is 1000. The molecule has 1 aromatic carbocycles. The van der Waals surface area contributed by atoms with Gasteiger partial charge < -0.3 is 10.6 Å². The van der Waals surface area contributed by atoms with E-state index in [0.717, 1.165) is 25.0 Å². The van der Waals surface area contributed by atoms with Crippen LogP contribution in [-0.4, -0.2) is 27.5 Å². The summed E-state index contributed by atoms with van der Waals surface area (Å²) in [5, 5.41) is 5.18. The van der Waals surface area contributed by atoms with Gasteiger partial charge in [0.25, 0.3) is 11.8 Å². The molecular weight excluding hydrogens is 359 g/mol. The molecule has 0 aliphatic heterocycles. The van der Waals surface area contributed by atoms with E-state index in [-0.39, 0.29) is 11.4 Å². The number of pyridine rings is 2. The number of alkyl halides is 1.